The number of aliphatic imine (C=N–C) groups is 1. The van der Waals surface area contributed by atoms with Crippen molar-refractivity contribution < 1.29 is 14.4 Å². The summed E-state index contributed by atoms with van der Waals surface area (Å²) in [4.78, 5) is 42.4. The van der Waals surface area contributed by atoms with E-state index in [4.69, 9.17) is 17.2 Å². The molecule has 0 unspecified atom stereocenters. The first-order valence-corrected chi connectivity index (χ1v) is 12.0. The molecule has 9 nitrogen and oxygen atoms in total. The lowest BCUT2D eigenvalue weighted by atomic mass is 10.0. The molecule has 3 rings (SSSR count). The summed E-state index contributed by atoms with van der Waals surface area (Å²) < 4.78 is 0. The Hall–Kier alpha value is -4.66. The lowest BCUT2D eigenvalue weighted by molar-refractivity contribution is -0.128. The van der Waals surface area contributed by atoms with Crippen molar-refractivity contribution in [3.63, 3.8) is 0 Å². The van der Waals surface area contributed by atoms with Gasteiger partial charge >= 0.3 is 0 Å². The molecule has 0 heterocycles. The van der Waals surface area contributed by atoms with E-state index in [9.17, 15) is 14.4 Å². The van der Waals surface area contributed by atoms with Crippen molar-refractivity contribution in [2.24, 2.45) is 22.2 Å². The molecule has 0 aliphatic heterocycles. The fourth-order valence-electron chi connectivity index (χ4n) is 3.83. The molecule has 0 fully saturated rings. The summed E-state index contributed by atoms with van der Waals surface area (Å²) in [6, 6.07) is 24.2. The van der Waals surface area contributed by atoms with Crippen LogP contribution in [0.4, 0.5) is 0 Å². The second-order valence-corrected chi connectivity index (χ2v) is 8.57. The van der Waals surface area contributed by atoms with Crippen LogP contribution in [0, 0.1) is 0 Å². The molecule has 0 saturated heterocycles. The smallest absolute Gasteiger partial charge is 0.251 e. The highest BCUT2D eigenvalue weighted by molar-refractivity contribution is 5.99. The van der Waals surface area contributed by atoms with Gasteiger partial charge in [0.1, 0.15) is 12.1 Å². The van der Waals surface area contributed by atoms with E-state index in [1.807, 2.05) is 66.7 Å². The number of amides is 3. The number of hydrogen-bond acceptors (Lipinski definition) is 4. The number of guanidine groups is 1. The average Bonchev–Trinajstić information content (AvgIpc) is 2.90. The number of carbonyl (C=O) groups is 3. The average molecular weight is 501 g/mol. The minimum atomic E-state index is -0.937. The van der Waals surface area contributed by atoms with Crippen molar-refractivity contribution >= 4 is 23.7 Å². The highest BCUT2D eigenvalue weighted by Gasteiger charge is 2.26. The van der Waals surface area contributed by atoms with Crippen LogP contribution in [0.25, 0.3) is 11.1 Å². The van der Waals surface area contributed by atoms with Gasteiger partial charge < -0.3 is 27.8 Å². The zero-order valence-corrected chi connectivity index (χ0v) is 20.5. The summed E-state index contributed by atoms with van der Waals surface area (Å²) in [5.41, 5.74) is 19.4. The van der Waals surface area contributed by atoms with Crippen LogP contribution in [-0.4, -0.2) is 42.3 Å². The number of nitrogens with two attached hydrogens (primary N) is 3. The fourth-order valence-corrected chi connectivity index (χ4v) is 3.83. The van der Waals surface area contributed by atoms with Gasteiger partial charge in [0, 0.05) is 18.5 Å². The first kappa shape index (κ1) is 26.9. The second kappa shape index (κ2) is 13.4. The maximum absolute atomic E-state index is 13.2. The lowest BCUT2D eigenvalue weighted by Crippen LogP contribution is -2.53. The molecule has 2 atom stereocenters. The van der Waals surface area contributed by atoms with Gasteiger partial charge in [-0.2, -0.15) is 0 Å². The predicted octanol–water partition coefficient (Wildman–Crippen LogP) is 1.72. The molecule has 37 heavy (non-hydrogen) atoms. The summed E-state index contributed by atoms with van der Waals surface area (Å²) in [5.74, 6) is -1.66. The summed E-state index contributed by atoms with van der Waals surface area (Å²) in [7, 11) is 0. The summed E-state index contributed by atoms with van der Waals surface area (Å²) >= 11 is 0. The van der Waals surface area contributed by atoms with Crippen LogP contribution in [-0.2, 0) is 16.0 Å². The molecule has 3 amide bonds. The predicted molar refractivity (Wildman–Crippen MR) is 144 cm³/mol. The Bertz CT molecular complexity index is 1230. The molecule has 9 heteroatoms. The van der Waals surface area contributed by atoms with Gasteiger partial charge in [0.15, 0.2) is 5.96 Å². The van der Waals surface area contributed by atoms with Crippen molar-refractivity contribution in [2.75, 3.05) is 6.54 Å². The standard InChI is InChI=1S/C28H32N6O3/c29-25(35)24(17-19-9-3-1-4-10-19)34-27(37)23(15-8-16-32-28(30)31)33-26(36)22-14-7-13-21(18-22)20-11-5-2-6-12-20/h1-7,9-14,18,23-24H,8,15-17H2,(H2,29,35)(H,33,36)(H,34,37)(H4,30,31,32)/t23-,24-/m0/s1. The van der Waals surface area contributed by atoms with Gasteiger partial charge in [0.25, 0.3) is 5.91 Å². The Morgan fingerprint density at radius 1 is 0.757 bits per heavy atom. The number of hydrogen-bond donors (Lipinski definition) is 5. The van der Waals surface area contributed by atoms with E-state index in [0.717, 1.165) is 16.7 Å². The molecule has 192 valence electrons. The van der Waals surface area contributed by atoms with Crippen LogP contribution in [0.2, 0.25) is 0 Å². The van der Waals surface area contributed by atoms with Gasteiger partial charge in [-0.15, -0.1) is 0 Å². The van der Waals surface area contributed by atoms with Crippen LogP contribution in [0.5, 0.6) is 0 Å². The SMILES string of the molecule is NC(=O)[C@H](Cc1ccccc1)NC(=O)[C@H](CCCN=C(N)N)NC(=O)c1cccc(-c2ccccc2)c1. The van der Waals surface area contributed by atoms with Gasteiger partial charge in [0.05, 0.1) is 0 Å². The van der Waals surface area contributed by atoms with E-state index in [1.54, 1.807) is 18.2 Å². The third-order valence-corrected chi connectivity index (χ3v) is 5.74. The minimum Gasteiger partial charge on any atom is -0.370 e. The number of rotatable bonds is 12. The van der Waals surface area contributed by atoms with Gasteiger partial charge in [-0.25, -0.2) is 0 Å². The van der Waals surface area contributed by atoms with Crippen LogP contribution in [0.15, 0.2) is 89.9 Å². The molecule has 0 saturated carbocycles. The van der Waals surface area contributed by atoms with E-state index in [-0.39, 0.29) is 25.3 Å². The fraction of sp³-hybridized carbons (Fsp3) is 0.214. The Balaban J connectivity index is 1.75. The minimum absolute atomic E-state index is 0.0561. The van der Waals surface area contributed by atoms with Gasteiger partial charge in [0.2, 0.25) is 11.8 Å². The molecule has 0 spiro atoms. The van der Waals surface area contributed by atoms with Crippen molar-refractivity contribution in [3.8, 4) is 11.1 Å². The number of nitrogens with zero attached hydrogens (tertiary/aromatic N) is 1. The van der Waals surface area contributed by atoms with E-state index < -0.39 is 29.8 Å². The van der Waals surface area contributed by atoms with Crippen molar-refractivity contribution in [1.82, 2.24) is 10.6 Å². The molecule has 0 aliphatic carbocycles. The molecule has 3 aromatic carbocycles. The molecule has 3 aromatic rings. The first-order valence-electron chi connectivity index (χ1n) is 12.0. The Kier molecular flexibility index (Phi) is 9.78. The lowest BCUT2D eigenvalue weighted by Gasteiger charge is -2.22. The van der Waals surface area contributed by atoms with Gasteiger partial charge in [-0.05, 0) is 41.7 Å². The van der Waals surface area contributed by atoms with E-state index in [0.29, 0.717) is 12.0 Å². The third kappa shape index (κ3) is 8.50. The number of primary amides is 1. The third-order valence-electron chi connectivity index (χ3n) is 5.74. The second-order valence-electron chi connectivity index (χ2n) is 8.57. The highest BCUT2D eigenvalue weighted by Crippen LogP contribution is 2.20. The van der Waals surface area contributed by atoms with Crippen LogP contribution in [0.1, 0.15) is 28.8 Å². The Morgan fingerprint density at radius 2 is 1.41 bits per heavy atom. The zero-order chi connectivity index (χ0) is 26.6. The first-order chi connectivity index (χ1) is 17.8. The molecule has 0 aromatic heterocycles. The highest BCUT2D eigenvalue weighted by atomic mass is 16.2. The van der Waals surface area contributed by atoms with Crippen molar-refractivity contribution in [2.45, 2.75) is 31.3 Å². The number of benzene rings is 3. The molecule has 0 aliphatic rings. The number of nitrogens with one attached hydrogen (secondary N) is 2. The molecule has 8 N–H and O–H groups in total. The molecular formula is C28H32N6O3. The maximum Gasteiger partial charge on any atom is 0.251 e. The van der Waals surface area contributed by atoms with Crippen LogP contribution >= 0.6 is 0 Å². The Morgan fingerprint density at radius 3 is 2.05 bits per heavy atom. The normalized spacial score (nSPS) is 12.1. The quantitative estimate of drug-likeness (QED) is 0.145. The maximum atomic E-state index is 13.2. The monoisotopic (exact) mass is 500 g/mol. The summed E-state index contributed by atoms with van der Waals surface area (Å²) in [5, 5.41) is 5.49. The summed E-state index contributed by atoms with van der Waals surface area (Å²) in [6.45, 7) is 0.286. The molecule has 0 bridgehead atoms. The van der Waals surface area contributed by atoms with Crippen LogP contribution in [0.3, 0.4) is 0 Å². The van der Waals surface area contributed by atoms with Crippen LogP contribution < -0.4 is 27.8 Å². The van der Waals surface area contributed by atoms with Gasteiger partial charge in [-0.3, -0.25) is 19.4 Å². The number of carbonyl (C=O) groups excluding carboxylic acids is 3. The van der Waals surface area contributed by atoms with Crippen molar-refractivity contribution in [1.29, 1.82) is 0 Å². The zero-order valence-electron chi connectivity index (χ0n) is 20.5. The summed E-state index contributed by atoms with van der Waals surface area (Å²) in [6.07, 6.45) is 0.916. The van der Waals surface area contributed by atoms with Crippen molar-refractivity contribution in [3.05, 3.63) is 96.1 Å². The Labute approximate surface area is 216 Å². The topological polar surface area (TPSA) is 166 Å². The molecular weight excluding hydrogens is 468 g/mol. The van der Waals surface area contributed by atoms with E-state index in [2.05, 4.69) is 15.6 Å². The van der Waals surface area contributed by atoms with E-state index >= 15 is 0 Å². The molecule has 0 radical (unpaired) electrons. The van der Waals surface area contributed by atoms with E-state index in [1.165, 1.54) is 0 Å². The largest absolute Gasteiger partial charge is 0.370 e. The van der Waals surface area contributed by atoms with Gasteiger partial charge in [-0.1, -0.05) is 72.8 Å².